The van der Waals surface area contributed by atoms with Crippen molar-refractivity contribution in [2.45, 2.75) is 32.7 Å². The van der Waals surface area contributed by atoms with Gasteiger partial charge in [0.25, 0.3) is 5.91 Å². The van der Waals surface area contributed by atoms with Crippen LogP contribution in [-0.4, -0.2) is 49.7 Å². The predicted octanol–water partition coefficient (Wildman–Crippen LogP) is 3.36. The van der Waals surface area contributed by atoms with Gasteiger partial charge in [-0.3, -0.25) is 14.5 Å². The number of rotatable bonds is 3. The number of likely N-dealkylation sites (tertiary alicyclic amines) is 1. The zero-order valence-corrected chi connectivity index (χ0v) is 16.2. The topological polar surface area (TPSA) is 88.3 Å². The molecular formula is C21H21FN4O3. The standard InChI is InChI=1S/C21H21FN4O3/c1-12-17(9-14-3-4-15(22)10-19(14)24-12)20(27)25-7-5-16(6-8-25)26-13(2)18(11-23-26)21(28)29/h3-4,9-11,16H,5-8H2,1-2H3,(H,28,29). The summed E-state index contributed by atoms with van der Waals surface area (Å²) in [5, 5.41) is 14.2. The van der Waals surface area contributed by atoms with Gasteiger partial charge < -0.3 is 10.0 Å². The van der Waals surface area contributed by atoms with Crippen molar-refractivity contribution in [1.29, 1.82) is 0 Å². The number of pyridine rings is 1. The summed E-state index contributed by atoms with van der Waals surface area (Å²) in [7, 11) is 0. The molecule has 29 heavy (non-hydrogen) atoms. The molecule has 0 saturated carbocycles. The molecule has 2 aromatic heterocycles. The zero-order chi connectivity index (χ0) is 20.7. The third kappa shape index (κ3) is 3.46. The molecule has 3 heterocycles. The van der Waals surface area contributed by atoms with Gasteiger partial charge in [-0.15, -0.1) is 0 Å². The number of fused-ring (bicyclic) bond motifs is 1. The second-order valence-corrected chi connectivity index (χ2v) is 7.38. The average molecular weight is 396 g/mol. The molecule has 7 nitrogen and oxygen atoms in total. The Hall–Kier alpha value is -3.29. The fourth-order valence-electron chi connectivity index (χ4n) is 3.94. The summed E-state index contributed by atoms with van der Waals surface area (Å²) in [5.74, 6) is -1.44. The van der Waals surface area contributed by atoms with Crippen molar-refractivity contribution >= 4 is 22.8 Å². The van der Waals surface area contributed by atoms with Crippen LogP contribution in [-0.2, 0) is 0 Å². The molecular weight excluding hydrogens is 375 g/mol. The molecule has 0 aliphatic carbocycles. The van der Waals surface area contributed by atoms with E-state index in [2.05, 4.69) is 10.1 Å². The number of halogens is 1. The largest absolute Gasteiger partial charge is 0.478 e. The molecule has 0 atom stereocenters. The maximum atomic E-state index is 13.4. The molecule has 0 radical (unpaired) electrons. The molecule has 3 aromatic rings. The summed E-state index contributed by atoms with van der Waals surface area (Å²) in [5.41, 5.74) is 2.46. The molecule has 1 saturated heterocycles. The number of carboxylic acid groups (broad SMARTS) is 1. The van der Waals surface area contributed by atoms with Crippen LogP contribution in [0.3, 0.4) is 0 Å². The number of hydrogen-bond acceptors (Lipinski definition) is 4. The lowest BCUT2D eigenvalue weighted by atomic mass is 10.0. The highest BCUT2D eigenvalue weighted by Crippen LogP contribution is 2.26. The van der Waals surface area contributed by atoms with Crippen molar-refractivity contribution < 1.29 is 19.1 Å². The third-order valence-corrected chi connectivity index (χ3v) is 5.57. The number of piperidine rings is 1. The summed E-state index contributed by atoms with van der Waals surface area (Å²) >= 11 is 0. The van der Waals surface area contributed by atoms with Gasteiger partial charge in [0.1, 0.15) is 11.4 Å². The first-order chi connectivity index (χ1) is 13.8. The van der Waals surface area contributed by atoms with Crippen molar-refractivity contribution in [1.82, 2.24) is 19.7 Å². The number of amides is 1. The second kappa shape index (κ2) is 7.27. The van der Waals surface area contributed by atoms with E-state index in [1.807, 2.05) is 0 Å². The van der Waals surface area contributed by atoms with E-state index in [9.17, 15) is 19.1 Å². The van der Waals surface area contributed by atoms with Gasteiger partial charge in [-0.2, -0.15) is 5.10 Å². The third-order valence-electron chi connectivity index (χ3n) is 5.57. The van der Waals surface area contributed by atoms with Crippen molar-refractivity contribution in [3.63, 3.8) is 0 Å². The van der Waals surface area contributed by atoms with Gasteiger partial charge in [-0.1, -0.05) is 0 Å². The number of nitrogens with zero attached hydrogens (tertiary/aromatic N) is 4. The summed E-state index contributed by atoms with van der Waals surface area (Å²) in [4.78, 5) is 30.4. The fourth-order valence-corrected chi connectivity index (χ4v) is 3.94. The first kappa shape index (κ1) is 19.0. The molecule has 1 fully saturated rings. The highest BCUT2D eigenvalue weighted by molar-refractivity contribution is 5.98. The molecule has 8 heteroatoms. The summed E-state index contributed by atoms with van der Waals surface area (Å²) in [6.45, 7) is 4.60. The van der Waals surface area contributed by atoms with Crippen LogP contribution in [0.2, 0.25) is 0 Å². The number of benzene rings is 1. The number of aryl methyl sites for hydroxylation is 1. The lowest BCUT2D eigenvalue weighted by molar-refractivity contribution is 0.0687. The number of aromatic carboxylic acids is 1. The van der Waals surface area contributed by atoms with E-state index < -0.39 is 5.97 Å². The van der Waals surface area contributed by atoms with E-state index in [4.69, 9.17) is 0 Å². The molecule has 1 amide bonds. The van der Waals surface area contributed by atoms with E-state index in [0.717, 1.165) is 5.39 Å². The van der Waals surface area contributed by atoms with Crippen LogP contribution in [0.15, 0.2) is 30.5 Å². The van der Waals surface area contributed by atoms with E-state index in [-0.39, 0.29) is 23.3 Å². The molecule has 1 N–H and O–H groups in total. The Bertz CT molecular complexity index is 1120. The molecule has 0 unspecified atom stereocenters. The molecule has 1 aliphatic heterocycles. The van der Waals surface area contributed by atoms with Gasteiger partial charge in [-0.05, 0) is 44.9 Å². The second-order valence-electron chi connectivity index (χ2n) is 7.38. The van der Waals surface area contributed by atoms with Gasteiger partial charge in [-0.25, -0.2) is 9.18 Å². The van der Waals surface area contributed by atoms with E-state index in [0.29, 0.717) is 48.4 Å². The van der Waals surface area contributed by atoms with Crippen molar-refractivity contribution in [3.8, 4) is 0 Å². The van der Waals surface area contributed by atoms with E-state index in [1.165, 1.54) is 18.3 Å². The Morgan fingerprint density at radius 1 is 1.14 bits per heavy atom. The Kier molecular flexibility index (Phi) is 4.77. The minimum absolute atomic E-state index is 0.0611. The Labute approximate surface area is 166 Å². The molecule has 150 valence electrons. The smallest absolute Gasteiger partial charge is 0.339 e. The number of carbonyl (C=O) groups is 2. The fraction of sp³-hybridized carbons (Fsp3) is 0.333. The number of aromatic nitrogens is 3. The van der Waals surface area contributed by atoms with Gasteiger partial charge in [0.05, 0.1) is 34.7 Å². The van der Waals surface area contributed by atoms with Crippen LogP contribution < -0.4 is 0 Å². The Morgan fingerprint density at radius 3 is 2.52 bits per heavy atom. The predicted molar refractivity (Wildman–Crippen MR) is 105 cm³/mol. The first-order valence-corrected chi connectivity index (χ1v) is 9.48. The highest BCUT2D eigenvalue weighted by Gasteiger charge is 2.28. The first-order valence-electron chi connectivity index (χ1n) is 9.48. The molecule has 1 aromatic carbocycles. The minimum atomic E-state index is -0.986. The van der Waals surface area contributed by atoms with Crippen molar-refractivity contribution in [2.75, 3.05) is 13.1 Å². The number of carboxylic acids is 1. The average Bonchev–Trinajstić information content (AvgIpc) is 3.08. The van der Waals surface area contributed by atoms with Gasteiger partial charge in [0.15, 0.2) is 0 Å². The minimum Gasteiger partial charge on any atom is -0.478 e. The Balaban J connectivity index is 1.51. The van der Waals surface area contributed by atoms with Crippen LogP contribution in [0, 0.1) is 19.7 Å². The van der Waals surface area contributed by atoms with Gasteiger partial charge in [0.2, 0.25) is 0 Å². The number of hydrogen-bond donors (Lipinski definition) is 1. The van der Waals surface area contributed by atoms with Gasteiger partial charge >= 0.3 is 5.97 Å². The SMILES string of the molecule is Cc1nc2cc(F)ccc2cc1C(=O)N1CCC(n2ncc(C(=O)O)c2C)CC1. The summed E-state index contributed by atoms with van der Waals surface area (Å²) in [6.07, 6.45) is 2.76. The highest BCUT2D eigenvalue weighted by atomic mass is 19.1. The lowest BCUT2D eigenvalue weighted by Crippen LogP contribution is -2.39. The lowest BCUT2D eigenvalue weighted by Gasteiger charge is -2.33. The molecule has 0 bridgehead atoms. The monoisotopic (exact) mass is 396 g/mol. The molecule has 1 aliphatic rings. The van der Waals surface area contributed by atoms with Crippen molar-refractivity contribution in [3.05, 3.63) is 58.8 Å². The van der Waals surface area contributed by atoms with Crippen LogP contribution >= 0.6 is 0 Å². The molecule has 4 rings (SSSR count). The van der Waals surface area contributed by atoms with E-state index in [1.54, 1.807) is 35.6 Å². The zero-order valence-electron chi connectivity index (χ0n) is 16.2. The van der Waals surface area contributed by atoms with Crippen LogP contribution in [0.1, 0.15) is 51.0 Å². The summed E-state index contributed by atoms with van der Waals surface area (Å²) in [6, 6.07) is 6.17. The van der Waals surface area contributed by atoms with Crippen LogP contribution in [0.25, 0.3) is 10.9 Å². The quantitative estimate of drug-likeness (QED) is 0.733. The number of carbonyl (C=O) groups excluding carboxylic acids is 1. The van der Waals surface area contributed by atoms with Crippen molar-refractivity contribution in [2.24, 2.45) is 0 Å². The Morgan fingerprint density at radius 2 is 1.86 bits per heavy atom. The van der Waals surface area contributed by atoms with Gasteiger partial charge in [0, 0.05) is 24.5 Å². The van der Waals surface area contributed by atoms with E-state index >= 15 is 0 Å². The van der Waals surface area contributed by atoms with Crippen LogP contribution in [0.4, 0.5) is 4.39 Å². The summed E-state index contributed by atoms with van der Waals surface area (Å²) < 4.78 is 15.2. The maximum Gasteiger partial charge on any atom is 0.339 e. The maximum absolute atomic E-state index is 13.4. The van der Waals surface area contributed by atoms with Crippen LogP contribution in [0.5, 0.6) is 0 Å². The normalized spacial score (nSPS) is 15.1. The molecule has 0 spiro atoms.